The van der Waals surface area contributed by atoms with E-state index >= 15 is 0 Å². The first-order chi connectivity index (χ1) is 8.40. The van der Waals surface area contributed by atoms with E-state index in [1.165, 1.54) is 0 Å². The van der Waals surface area contributed by atoms with E-state index in [-0.39, 0.29) is 17.0 Å². The Labute approximate surface area is 118 Å². The number of pyridine rings is 1. The van der Waals surface area contributed by atoms with E-state index in [0.717, 1.165) is 30.1 Å². The molecule has 0 radical (unpaired) electrons. The lowest BCUT2D eigenvalue weighted by Crippen LogP contribution is -2.14. The summed E-state index contributed by atoms with van der Waals surface area (Å²) in [5, 5.41) is 3.35. The molecule has 1 aromatic heterocycles. The van der Waals surface area contributed by atoms with Crippen molar-refractivity contribution in [3.8, 4) is 5.75 Å². The maximum atomic E-state index is 5.29. The number of para-hydroxylation sites is 1. The molecule has 96 valence electrons. The van der Waals surface area contributed by atoms with Crippen LogP contribution in [-0.2, 0) is 13.1 Å². The van der Waals surface area contributed by atoms with Crippen LogP contribution in [0.15, 0.2) is 48.7 Å². The zero-order chi connectivity index (χ0) is 11.9. The number of halogens is 1. The second-order valence-corrected chi connectivity index (χ2v) is 3.74. The number of aromatic nitrogens is 1. The summed E-state index contributed by atoms with van der Waals surface area (Å²) in [4.78, 5) is 4.26. The fourth-order valence-corrected chi connectivity index (χ4v) is 1.68. The molecule has 0 amide bonds. The molecule has 2 rings (SSSR count). The van der Waals surface area contributed by atoms with Crippen LogP contribution in [-0.4, -0.2) is 12.1 Å². The smallest absolute Gasteiger partial charge is 0.123 e. The van der Waals surface area contributed by atoms with Crippen LogP contribution in [0, 0.1) is 0 Å². The van der Waals surface area contributed by atoms with E-state index < -0.39 is 0 Å². The van der Waals surface area contributed by atoms with Gasteiger partial charge in [-0.05, 0) is 18.2 Å². The van der Waals surface area contributed by atoms with E-state index in [1.54, 1.807) is 13.3 Å². The van der Waals surface area contributed by atoms with Crippen LogP contribution in [0.1, 0.15) is 11.3 Å². The number of nitrogens with zero attached hydrogens (tertiary/aromatic N) is 1. The molecule has 0 saturated heterocycles. The maximum Gasteiger partial charge on any atom is 0.123 e. The zero-order valence-corrected chi connectivity index (χ0v) is 12.0. The van der Waals surface area contributed by atoms with E-state index in [2.05, 4.69) is 16.4 Å². The molecule has 2 aromatic rings. The normalized spacial score (nSPS) is 9.61. The van der Waals surface area contributed by atoms with Crippen molar-refractivity contribution in [2.45, 2.75) is 13.1 Å². The van der Waals surface area contributed by atoms with Gasteiger partial charge in [-0.15, -0.1) is 17.0 Å². The Morgan fingerprint density at radius 1 is 1.06 bits per heavy atom. The van der Waals surface area contributed by atoms with Crippen molar-refractivity contribution in [3.05, 3.63) is 59.9 Å². The van der Waals surface area contributed by atoms with Gasteiger partial charge < -0.3 is 10.1 Å². The third kappa shape index (κ3) is 4.13. The minimum Gasteiger partial charge on any atom is -0.496 e. The Hall–Kier alpha value is -1.39. The summed E-state index contributed by atoms with van der Waals surface area (Å²) in [5.41, 5.74) is 2.20. The fraction of sp³-hybridized carbons (Fsp3) is 0.214. The Bertz CT molecular complexity index is 462. The predicted octanol–water partition coefficient (Wildman–Crippen LogP) is 2.96. The van der Waals surface area contributed by atoms with Crippen molar-refractivity contribution < 1.29 is 4.74 Å². The minimum absolute atomic E-state index is 0. The molecule has 4 heteroatoms. The van der Waals surface area contributed by atoms with Crippen molar-refractivity contribution in [1.82, 2.24) is 10.3 Å². The molecule has 0 saturated carbocycles. The van der Waals surface area contributed by atoms with Crippen molar-refractivity contribution in [2.75, 3.05) is 7.11 Å². The molecule has 0 aliphatic rings. The Balaban J connectivity index is 0.00000162. The second-order valence-electron chi connectivity index (χ2n) is 3.74. The lowest BCUT2D eigenvalue weighted by atomic mass is 10.2. The molecular weight excluding hydrogens is 292 g/mol. The SMILES string of the molecule is Br.COc1ccccc1CNCc1ccccn1. The Kier molecular flexibility index (Phi) is 6.39. The number of hydrogen-bond acceptors (Lipinski definition) is 3. The summed E-state index contributed by atoms with van der Waals surface area (Å²) in [6, 6.07) is 13.9. The van der Waals surface area contributed by atoms with Crippen LogP contribution in [0.2, 0.25) is 0 Å². The lowest BCUT2D eigenvalue weighted by molar-refractivity contribution is 0.407. The summed E-state index contributed by atoms with van der Waals surface area (Å²) < 4.78 is 5.29. The molecule has 0 aliphatic heterocycles. The highest BCUT2D eigenvalue weighted by molar-refractivity contribution is 8.93. The average molecular weight is 309 g/mol. The van der Waals surface area contributed by atoms with Crippen LogP contribution in [0.5, 0.6) is 5.75 Å². The standard InChI is InChI=1S/C14H16N2O.BrH/c1-17-14-8-3-2-6-12(14)10-15-11-13-7-4-5-9-16-13;/h2-9,15H,10-11H2,1H3;1H. The van der Waals surface area contributed by atoms with E-state index in [9.17, 15) is 0 Å². The largest absolute Gasteiger partial charge is 0.496 e. The van der Waals surface area contributed by atoms with Crippen molar-refractivity contribution in [3.63, 3.8) is 0 Å². The molecule has 0 bridgehead atoms. The lowest BCUT2D eigenvalue weighted by Gasteiger charge is -2.08. The molecule has 0 atom stereocenters. The summed E-state index contributed by atoms with van der Waals surface area (Å²) in [5.74, 6) is 0.918. The molecular formula is C14H17BrN2O. The van der Waals surface area contributed by atoms with Crippen LogP contribution >= 0.6 is 17.0 Å². The summed E-state index contributed by atoms with van der Waals surface area (Å²) in [7, 11) is 1.69. The minimum atomic E-state index is 0. The highest BCUT2D eigenvalue weighted by atomic mass is 79.9. The molecule has 1 heterocycles. The number of methoxy groups -OCH3 is 1. The topological polar surface area (TPSA) is 34.1 Å². The Morgan fingerprint density at radius 2 is 1.83 bits per heavy atom. The first kappa shape index (κ1) is 14.7. The van der Waals surface area contributed by atoms with Crippen molar-refractivity contribution >= 4 is 17.0 Å². The van der Waals surface area contributed by atoms with Gasteiger partial charge in [-0.2, -0.15) is 0 Å². The maximum absolute atomic E-state index is 5.29. The Morgan fingerprint density at radius 3 is 2.56 bits per heavy atom. The molecule has 0 unspecified atom stereocenters. The quantitative estimate of drug-likeness (QED) is 0.922. The molecule has 0 fully saturated rings. The number of benzene rings is 1. The highest BCUT2D eigenvalue weighted by Crippen LogP contribution is 2.16. The van der Waals surface area contributed by atoms with Gasteiger partial charge in [-0.25, -0.2) is 0 Å². The number of hydrogen-bond donors (Lipinski definition) is 1. The van der Waals surface area contributed by atoms with Gasteiger partial charge in [-0.3, -0.25) is 4.98 Å². The first-order valence-electron chi connectivity index (χ1n) is 5.62. The summed E-state index contributed by atoms with van der Waals surface area (Å²) in [6.45, 7) is 1.54. The first-order valence-corrected chi connectivity index (χ1v) is 5.62. The van der Waals surface area contributed by atoms with E-state index in [4.69, 9.17) is 4.74 Å². The van der Waals surface area contributed by atoms with Crippen LogP contribution in [0.3, 0.4) is 0 Å². The van der Waals surface area contributed by atoms with Gasteiger partial charge in [0.1, 0.15) is 5.75 Å². The number of ether oxygens (including phenoxy) is 1. The van der Waals surface area contributed by atoms with Gasteiger partial charge in [0.05, 0.1) is 12.8 Å². The third-order valence-electron chi connectivity index (χ3n) is 2.54. The van der Waals surface area contributed by atoms with Gasteiger partial charge in [0.25, 0.3) is 0 Å². The van der Waals surface area contributed by atoms with Crippen LogP contribution in [0.25, 0.3) is 0 Å². The van der Waals surface area contributed by atoms with Crippen LogP contribution < -0.4 is 10.1 Å². The predicted molar refractivity (Wildman–Crippen MR) is 78.1 cm³/mol. The summed E-state index contributed by atoms with van der Waals surface area (Å²) in [6.07, 6.45) is 1.81. The van der Waals surface area contributed by atoms with Crippen LogP contribution in [0.4, 0.5) is 0 Å². The summed E-state index contributed by atoms with van der Waals surface area (Å²) >= 11 is 0. The average Bonchev–Trinajstić information content (AvgIpc) is 2.40. The highest BCUT2D eigenvalue weighted by Gasteiger charge is 2.00. The van der Waals surface area contributed by atoms with Gasteiger partial charge in [0, 0.05) is 24.8 Å². The van der Waals surface area contributed by atoms with E-state index in [0.29, 0.717) is 0 Å². The fourth-order valence-electron chi connectivity index (χ4n) is 1.68. The molecule has 1 N–H and O–H groups in total. The third-order valence-corrected chi connectivity index (χ3v) is 2.54. The van der Waals surface area contributed by atoms with E-state index in [1.807, 2.05) is 36.4 Å². The molecule has 3 nitrogen and oxygen atoms in total. The molecule has 0 aliphatic carbocycles. The monoisotopic (exact) mass is 308 g/mol. The van der Waals surface area contributed by atoms with Gasteiger partial charge in [-0.1, -0.05) is 24.3 Å². The van der Waals surface area contributed by atoms with Gasteiger partial charge >= 0.3 is 0 Å². The van der Waals surface area contributed by atoms with Gasteiger partial charge in [0.15, 0.2) is 0 Å². The van der Waals surface area contributed by atoms with Crippen molar-refractivity contribution in [1.29, 1.82) is 0 Å². The molecule has 0 spiro atoms. The number of rotatable bonds is 5. The zero-order valence-electron chi connectivity index (χ0n) is 10.3. The number of nitrogens with one attached hydrogen (secondary N) is 1. The second kappa shape index (κ2) is 7.84. The van der Waals surface area contributed by atoms with Gasteiger partial charge in [0.2, 0.25) is 0 Å². The molecule has 18 heavy (non-hydrogen) atoms. The van der Waals surface area contributed by atoms with Crippen molar-refractivity contribution in [2.24, 2.45) is 0 Å². The molecule has 1 aromatic carbocycles.